The SMILES string of the molecule is CC(C)(C)OC(=O)N1CCN(C(=O)C(=O)C2CNc3c(Br)ncc(Cl)c32)CC1. The zero-order valence-corrected chi connectivity index (χ0v) is 18.3. The number of anilines is 1. The highest BCUT2D eigenvalue weighted by Gasteiger charge is 2.38. The summed E-state index contributed by atoms with van der Waals surface area (Å²) in [4.78, 5) is 44.8. The molecule has 1 fully saturated rings. The van der Waals surface area contributed by atoms with Gasteiger partial charge in [-0.2, -0.15) is 0 Å². The van der Waals surface area contributed by atoms with Crippen molar-refractivity contribution in [3.63, 3.8) is 0 Å². The molecule has 1 aromatic heterocycles. The standard InChI is InChI=1S/C18H22BrClN4O4/c1-18(2,3)28-17(27)24-6-4-23(5-7-24)16(26)14(25)10-8-21-13-12(10)11(20)9-22-15(13)19/h9-10,21H,4-8H2,1-3H3. The van der Waals surface area contributed by atoms with Gasteiger partial charge in [-0.15, -0.1) is 0 Å². The fourth-order valence-corrected chi connectivity index (χ4v) is 3.97. The second kappa shape index (κ2) is 7.87. The molecular weight excluding hydrogens is 452 g/mol. The number of aromatic nitrogens is 1. The molecule has 0 aromatic carbocycles. The molecule has 1 atom stereocenters. The molecule has 2 aliphatic heterocycles. The number of pyridine rings is 1. The maximum absolute atomic E-state index is 12.8. The van der Waals surface area contributed by atoms with Crippen LogP contribution < -0.4 is 5.32 Å². The largest absolute Gasteiger partial charge is 0.444 e. The highest BCUT2D eigenvalue weighted by atomic mass is 79.9. The number of Topliss-reactive ketones (excluding diaryl/α,β-unsaturated/α-hetero) is 1. The predicted molar refractivity (Wildman–Crippen MR) is 108 cm³/mol. The number of amides is 2. The van der Waals surface area contributed by atoms with Gasteiger partial charge >= 0.3 is 6.09 Å². The van der Waals surface area contributed by atoms with E-state index in [9.17, 15) is 14.4 Å². The van der Waals surface area contributed by atoms with Crippen LogP contribution >= 0.6 is 27.5 Å². The lowest BCUT2D eigenvalue weighted by molar-refractivity contribution is -0.146. The summed E-state index contributed by atoms with van der Waals surface area (Å²) in [6.45, 7) is 6.91. The number of piperazine rings is 1. The summed E-state index contributed by atoms with van der Waals surface area (Å²) in [5, 5.41) is 3.44. The highest BCUT2D eigenvalue weighted by Crippen LogP contribution is 2.41. The molecule has 0 aliphatic carbocycles. The van der Waals surface area contributed by atoms with Gasteiger partial charge in [0.05, 0.1) is 16.6 Å². The zero-order chi connectivity index (χ0) is 20.6. The number of hydrogen-bond acceptors (Lipinski definition) is 6. The monoisotopic (exact) mass is 472 g/mol. The van der Waals surface area contributed by atoms with Crippen molar-refractivity contribution >= 4 is 51.0 Å². The van der Waals surface area contributed by atoms with Gasteiger partial charge in [-0.1, -0.05) is 11.6 Å². The van der Waals surface area contributed by atoms with E-state index in [0.717, 1.165) is 0 Å². The fraction of sp³-hybridized carbons (Fsp3) is 0.556. The van der Waals surface area contributed by atoms with Crippen molar-refractivity contribution in [2.45, 2.75) is 32.3 Å². The van der Waals surface area contributed by atoms with Crippen LogP contribution in [-0.4, -0.2) is 70.9 Å². The first kappa shape index (κ1) is 20.9. The molecule has 2 aliphatic rings. The molecule has 0 saturated carbocycles. The summed E-state index contributed by atoms with van der Waals surface area (Å²) in [7, 11) is 0. The Morgan fingerprint density at radius 1 is 1.21 bits per heavy atom. The number of rotatable bonds is 2. The molecule has 1 saturated heterocycles. The van der Waals surface area contributed by atoms with E-state index in [1.54, 1.807) is 25.7 Å². The second-order valence-corrected chi connectivity index (χ2v) is 8.90. The Kier molecular flexibility index (Phi) is 5.86. The van der Waals surface area contributed by atoms with Crippen LogP contribution in [0.5, 0.6) is 0 Å². The Morgan fingerprint density at radius 2 is 1.82 bits per heavy atom. The second-order valence-electron chi connectivity index (χ2n) is 7.74. The number of carbonyl (C=O) groups excluding carboxylic acids is 3. The van der Waals surface area contributed by atoms with Gasteiger partial charge in [0.15, 0.2) is 0 Å². The topological polar surface area (TPSA) is 91.8 Å². The van der Waals surface area contributed by atoms with Gasteiger partial charge in [-0.05, 0) is 36.7 Å². The lowest BCUT2D eigenvalue weighted by Gasteiger charge is -2.35. The Labute approximate surface area is 176 Å². The van der Waals surface area contributed by atoms with Crippen molar-refractivity contribution in [2.75, 3.05) is 38.0 Å². The van der Waals surface area contributed by atoms with E-state index in [1.807, 2.05) is 0 Å². The van der Waals surface area contributed by atoms with Crippen LogP contribution in [0, 0.1) is 0 Å². The van der Waals surface area contributed by atoms with Crippen LogP contribution in [0.2, 0.25) is 5.02 Å². The molecule has 0 radical (unpaired) electrons. The number of carbonyl (C=O) groups is 3. The van der Waals surface area contributed by atoms with E-state index in [-0.39, 0.29) is 13.1 Å². The molecule has 28 heavy (non-hydrogen) atoms. The molecule has 0 bridgehead atoms. The lowest BCUT2D eigenvalue weighted by atomic mass is 9.96. The molecule has 1 aromatic rings. The van der Waals surface area contributed by atoms with Gasteiger partial charge in [-0.3, -0.25) is 9.59 Å². The number of nitrogens with one attached hydrogen (secondary N) is 1. The molecule has 3 rings (SSSR count). The van der Waals surface area contributed by atoms with Crippen molar-refractivity contribution < 1.29 is 19.1 Å². The number of ether oxygens (including phenoxy) is 1. The third kappa shape index (κ3) is 4.25. The van der Waals surface area contributed by atoms with Crippen LogP contribution in [0.3, 0.4) is 0 Å². The van der Waals surface area contributed by atoms with E-state index >= 15 is 0 Å². The Bertz CT molecular complexity index is 819. The summed E-state index contributed by atoms with van der Waals surface area (Å²) in [5.74, 6) is -1.73. The first-order chi connectivity index (χ1) is 13.1. The molecule has 152 valence electrons. The van der Waals surface area contributed by atoms with E-state index in [0.29, 0.717) is 40.5 Å². The normalized spacial score (nSPS) is 19.1. The molecule has 3 heterocycles. The van der Waals surface area contributed by atoms with Crippen molar-refractivity contribution in [1.29, 1.82) is 0 Å². The summed E-state index contributed by atoms with van der Waals surface area (Å²) >= 11 is 9.54. The zero-order valence-electron chi connectivity index (χ0n) is 15.9. The van der Waals surface area contributed by atoms with Crippen molar-refractivity contribution in [3.05, 3.63) is 21.4 Å². The summed E-state index contributed by atoms with van der Waals surface area (Å²) in [5.41, 5.74) is 0.660. The quantitative estimate of drug-likeness (QED) is 0.524. The van der Waals surface area contributed by atoms with Crippen molar-refractivity contribution in [1.82, 2.24) is 14.8 Å². The van der Waals surface area contributed by atoms with Gasteiger partial charge in [0.25, 0.3) is 5.91 Å². The van der Waals surface area contributed by atoms with Gasteiger partial charge in [0, 0.05) is 44.5 Å². The van der Waals surface area contributed by atoms with E-state index in [4.69, 9.17) is 16.3 Å². The van der Waals surface area contributed by atoms with Crippen LogP contribution in [-0.2, 0) is 14.3 Å². The van der Waals surface area contributed by atoms with Gasteiger partial charge in [0.1, 0.15) is 10.2 Å². The molecular formula is C18H22BrClN4O4. The Hall–Kier alpha value is -1.87. The smallest absolute Gasteiger partial charge is 0.410 e. The number of ketones is 1. The highest BCUT2D eigenvalue weighted by molar-refractivity contribution is 9.10. The maximum atomic E-state index is 12.8. The predicted octanol–water partition coefficient (Wildman–Crippen LogP) is 2.66. The van der Waals surface area contributed by atoms with E-state index in [2.05, 4.69) is 26.2 Å². The average Bonchev–Trinajstić information content (AvgIpc) is 3.09. The van der Waals surface area contributed by atoms with Gasteiger partial charge in [-0.25, -0.2) is 9.78 Å². The Balaban J connectivity index is 1.64. The molecule has 1 unspecified atom stereocenters. The van der Waals surface area contributed by atoms with E-state index < -0.39 is 29.3 Å². The average molecular weight is 474 g/mol. The molecule has 10 heteroatoms. The minimum atomic E-state index is -0.654. The first-order valence-electron chi connectivity index (χ1n) is 8.97. The van der Waals surface area contributed by atoms with Gasteiger partial charge in [0.2, 0.25) is 5.78 Å². The number of hydrogen-bond donors (Lipinski definition) is 1. The minimum absolute atomic E-state index is 0.282. The fourth-order valence-electron chi connectivity index (χ4n) is 3.24. The first-order valence-corrected chi connectivity index (χ1v) is 10.1. The number of fused-ring (bicyclic) bond motifs is 1. The third-order valence-corrected chi connectivity index (χ3v) is 5.50. The lowest BCUT2D eigenvalue weighted by Crippen LogP contribution is -2.53. The third-order valence-electron chi connectivity index (χ3n) is 4.60. The van der Waals surface area contributed by atoms with Crippen molar-refractivity contribution in [2.24, 2.45) is 0 Å². The summed E-state index contributed by atoms with van der Waals surface area (Å²) < 4.78 is 5.90. The molecule has 2 amide bonds. The maximum Gasteiger partial charge on any atom is 0.410 e. The van der Waals surface area contributed by atoms with Crippen LogP contribution in [0.25, 0.3) is 0 Å². The summed E-state index contributed by atoms with van der Waals surface area (Å²) in [6, 6.07) is 0. The minimum Gasteiger partial charge on any atom is -0.444 e. The van der Waals surface area contributed by atoms with Crippen molar-refractivity contribution in [3.8, 4) is 0 Å². The number of halogens is 2. The van der Waals surface area contributed by atoms with Crippen LogP contribution in [0.1, 0.15) is 32.3 Å². The van der Waals surface area contributed by atoms with Crippen LogP contribution in [0.4, 0.5) is 10.5 Å². The van der Waals surface area contributed by atoms with Crippen LogP contribution in [0.15, 0.2) is 10.8 Å². The van der Waals surface area contributed by atoms with E-state index in [1.165, 1.54) is 11.1 Å². The molecule has 1 N–H and O–H groups in total. The summed E-state index contributed by atoms with van der Waals surface area (Å²) in [6.07, 6.45) is 1.05. The number of nitrogens with zero attached hydrogens (tertiary/aromatic N) is 3. The Morgan fingerprint density at radius 3 is 2.43 bits per heavy atom. The molecule has 8 nitrogen and oxygen atoms in total. The van der Waals surface area contributed by atoms with Gasteiger partial charge < -0.3 is 19.9 Å². The molecule has 0 spiro atoms.